The van der Waals surface area contributed by atoms with Gasteiger partial charge in [0.1, 0.15) is 6.10 Å². The normalized spacial score (nSPS) is 29.4. The van der Waals surface area contributed by atoms with Gasteiger partial charge in [0.05, 0.1) is 12.2 Å². The zero-order valence-electron chi connectivity index (χ0n) is 10.0. The van der Waals surface area contributed by atoms with Gasteiger partial charge >= 0.3 is 0 Å². The topological polar surface area (TPSA) is 63.9 Å². The van der Waals surface area contributed by atoms with E-state index in [0.29, 0.717) is 19.6 Å². The fourth-order valence-electron chi connectivity index (χ4n) is 2.24. The second-order valence-electron chi connectivity index (χ2n) is 4.73. The van der Waals surface area contributed by atoms with Crippen LogP contribution in [-0.4, -0.2) is 58.2 Å². The summed E-state index contributed by atoms with van der Waals surface area (Å²) in [5, 5.41) is 29.4. The number of β-amino-alcohol motifs (C(OH)–C–C–N with tert-alkyl or cyclic N) is 2. The van der Waals surface area contributed by atoms with Crippen LogP contribution in [0, 0.1) is 0 Å². The summed E-state index contributed by atoms with van der Waals surface area (Å²) in [5.41, 5.74) is 1.05. The predicted octanol–water partition coefficient (Wildman–Crippen LogP) is 0.281. The summed E-state index contributed by atoms with van der Waals surface area (Å²) in [7, 11) is 0. The Hall–Kier alpha value is -0.650. The van der Waals surface area contributed by atoms with Crippen molar-refractivity contribution in [1.29, 1.82) is 0 Å². The van der Waals surface area contributed by atoms with Gasteiger partial charge in [-0.1, -0.05) is 29.8 Å². The molecule has 0 amide bonds. The molecule has 1 aliphatic rings. The molecule has 0 aromatic heterocycles. The van der Waals surface area contributed by atoms with Crippen molar-refractivity contribution < 1.29 is 15.3 Å². The van der Waals surface area contributed by atoms with Gasteiger partial charge in [0, 0.05) is 24.7 Å². The highest BCUT2D eigenvalue weighted by molar-refractivity contribution is 6.31. The molecular weight excluding hydrogens is 254 g/mol. The van der Waals surface area contributed by atoms with Crippen LogP contribution in [0.2, 0.25) is 5.02 Å². The largest absolute Gasteiger partial charge is 0.389 e. The molecule has 1 unspecified atom stereocenters. The lowest BCUT2D eigenvalue weighted by Crippen LogP contribution is -2.55. The summed E-state index contributed by atoms with van der Waals surface area (Å²) >= 11 is 6.07. The number of hydrogen-bond donors (Lipinski definition) is 3. The molecule has 3 atom stereocenters. The third kappa shape index (κ3) is 3.22. The van der Waals surface area contributed by atoms with Crippen molar-refractivity contribution in [1.82, 2.24) is 4.90 Å². The molecule has 0 spiro atoms. The average molecular weight is 272 g/mol. The Morgan fingerprint density at radius 3 is 2.33 bits per heavy atom. The van der Waals surface area contributed by atoms with Crippen molar-refractivity contribution in [2.45, 2.75) is 24.7 Å². The minimum absolute atomic E-state index is 0.378. The molecule has 1 aromatic rings. The van der Waals surface area contributed by atoms with Crippen LogP contribution in [0.4, 0.5) is 0 Å². The van der Waals surface area contributed by atoms with Gasteiger partial charge in [0.25, 0.3) is 0 Å². The van der Waals surface area contributed by atoms with E-state index in [4.69, 9.17) is 11.6 Å². The Kier molecular flexibility index (Phi) is 4.59. The zero-order chi connectivity index (χ0) is 13.1. The molecular formula is C13H18ClNO3. The molecule has 0 saturated carbocycles. The maximum absolute atomic E-state index is 9.59. The number of piperidine rings is 1. The van der Waals surface area contributed by atoms with E-state index in [1.165, 1.54) is 0 Å². The van der Waals surface area contributed by atoms with Gasteiger partial charge < -0.3 is 15.3 Å². The van der Waals surface area contributed by atoms with E-state index >= 15 is 0 Å². The molecule has 2 rings (SSSR count). The van der Waals surface area contributed by atoms with Gasteiger partial charge in [-0.2, -0.15) is 0 Å². The third-order valence-electron chi connectivity index (χ3n) is 3.33. The monoisotopic (exact) mass is 271 g/mol. The molecule has 4 nitrogen and oxygen atoms in total. The van der Waals surface area contributed by atoms with Gasteiger partial charge in [-0.15, -0.1) is 0 Å². The Balaban J connectivity index is 1.89. The summed E-state index contributed by atoms with van der Waals surface area (Å²) in [4.78, 5) is 1.94. The highest BCUT2D eigenvalue weighted by Gasteiger charge is 2.32. The number of nitrogens with zero attached hydrogens (tertiary/aromatic N) is 1. The second kappa shape index (κ2) is 5.99. The van der Waals surface area contributed by atoms with E-state index in [9.17, 15) is 15.3 Å². The van der Waals surface area contributed by atoms with Crippen molar-refractivity contribution in [3.63, 3.8) is 0 Å². The first-order valence-electron chi connectivity index (χ1n) is 6.08. The zero-order valence-corrected chi connectivity index (χ0v) is 10.8. The van der Waals surface area contributed by atoms with E-state index in [-0.39, 0.29) is 0 Å². The fraction of sp³-hybridized carbons (Fsp3) is 0.538. The maximum atomic E-state index is 9.59. The number of likely N-dealkylation sites (tertiary alicyclic amines) is 1. The third-order valence-corrected chi connectivity index (χ3v) is 3.70. The van der Waals surface area contributed by atoms with Gasteiger partial charge in [-0.25, -0.2) is 0 Å². The first-order chi connectivity index (χ1) is 8.58. The van der Waals surface area contributed by atoms with Crippen LogP contribution in [0.5, 0.6) is 0 Å². The van der Waals surface area contributed by atoms with Gasteiger partial charge in [0.15, 0.2) is 0 Å². The number of hydrogen-bond acceptors (Lipinski definition) is 4. The van der Waals surface area contributed by atoms with E-state index in [1.807, 2.05) is 29.2 Å². The van der Waals surface area contributed by atoms with Crippen LogP contribution in [0.1, 0.15) is 5.56 Å². The van der Waals surface area contributed by atoms with Crippen LogP contribution >= 0.6 is 11.6 Å². The van der Waals surface area contributed by atoms with Crippen LogP contribution < -0.4 is 0 Å². The Bertz CT molecular complexity index is 390. The summed E-state index contributed by atoms with van der Waals surface area (Å²) in [5.74, 6) is 0. The van der Waals surface area contributed by atoms with Crippen molar-refractivity contribution in [3.05, 3.63) is 34.9 Å². The molecule has 1 aliphatic heterocycles. The molecule has 1 aromatic carbocycles. The molecule has 1 fully saturated rings. The molecule has 5 heteroatoms. The van der Waals surface area contributed by atoms with Crippen molar-refractivity contribution in [2.24, 2.45) is 0 Å². The lowest BCUT2D eigenvalue weighted by molar-refractivity contribution is -0.109. The maximum Gasteiger partial charge on any atom is 0.108 e. The fourth-order valence-corrected chi connectivity index (χ4v) is 2.47. The molecule has 1 heterocycles. The Morgan fingerprint density at radius 1 is 1.11 bits per heavy atom. The SMILES string of the molecule is OC1[C@H](O)CN(CCc2ccccc2Cl)C[C@@H]1O. The van der Waals surface area contributed by atoms with E-state index < -0.39 is 18.3 Å². The lowest BCUT2D eigenvalue weighted by atomic mass is 10.0. The van der Waals surface area contributed by atoms with Crippen molar-refractivity contribution in [3.8, 4) is 0 Å². The molecule has 0 aliphatic carbocycles. The van der Waals surface area contributed by atoms with Crippen molar-refractivity contribution >= 4 is 11.6 Å². The van der Waals surface area contributed by atoms with Crippen molar-refractivity contribution in [2.75, 3.05) is 19.6 Å². The summed E-state index contributed by atoms with van der Waals surface area (Å²) < 4.78 is 0. The quantitative estimate of drug-likeness (QED) is 0.739. The summed E-state index contributed by atoms with van der Waals surface area (Å²) in [6.07, 6.45) is -2.06. The number of halogens is 1. The predicted molar refractivity (Wildman–Crippen MR) is 69.6 cm³/mol. The van der Waals surface area contributed by atoms with Crippen LogP contribution in [0.15, 0.2) is 24.3 Å². The minimum atomic E-state index is -1.04. The van der Waals surface area contributed by atoms with Crippen LogP contribution in [-0.2, 0) is 6.42 Å². The molecule has 0 radical (unpaired) electrons. The van der Waals surface area contributed by atoms with E-state index in [0.717, 1.165) is 17.0 Å². The first kappa shape index (κ1) is 13.8. The number of benzene rings is 1. The molecule has 3 N–H and O–H groups in total. The number of rotatable bonds is 3. The second-order valence-corrected chi connectivity index (χ2v) is 5.13. The minimum Gasteiger partial charge on any atom is -0.389 e. The molecule has 0 bridgehead atoms. The number of aliphatic hydroxyl groups is 3. The highest BCUT2D eigenvalue weighted by Crippen LogP contribution is 2.17. The standard InChI is InChI=1S/C13H18ClNO3/c14-10-4-2-1-3-9(10)5-6-15-7-11(16)13(18)12(17)8-15/h1-4,11-13,16-18H,5-8H2/t11-,12+,13?. The Morgan fingerprint density at radius 2 is 1.72 bits per heavy atom. The molecule has 100 valence electrons. The summed E-state index contributed by atoms with van der Waals surface area (Å²) in [6.45, 7) is 1.45. The van der Waals surface area contributed by atoms with E-state index in [1.54, 1.807) is 0 Å². The molecule has 1 saturated heterocycles. The lowest BCUT2D eigenvalue weighted by Gasteiger charge is -2.36. The summed E-state index contributed by atoms with van der Waals surface area (Å²) in [6, 6.07) is 7.63. The average Bonchev–Trinajstić information content (AvgIpc) is 2.35. The van der Waals surface area contributed by atoms with Crippen LogP contribution in [0.25, 0.3) is 0 Å². The Labute approximate surface area is 111 Å². The van der Waals surface area contributed by atoms with Gasteiger partial charge in [0.2, 0.25) is 0 Å². The molecule has 18 heavy (non-hydrogen) atoms. The first-order valence-corrected chi connectivity index (χ1v) is 6.45. The van der Waals surface area contributed by atoms with Crippen LogP contribution in [0.3, 0.4) is 0 Å². The smallest absolute Gasteiger partial charge is 0.108 e. The van der Waals surface area contributed by atoms with Gasteiger partial charge in [-0.3, -0.25) is 4.90 Å². The van der Waals surface area contributed by atoms with Gasteiger partial charge in [-0.05, 0) is 18.1 Å². The van der Waals surface area contributed by atoms with E-state index in [2.05, 4.69) is 0 Å². The highest BCUT2D eigenvalue weighted by atomic mass is 35.5. The number of aliphatic hydroxyl groups excluding tert-OH is 3.